The fourth-order valence-electron chi connectivity index (χ4n) is 2.66. The van der Waals surface area contributed by atoms with Crippen LogP contribution in [0, 0.1) is 13.8 Å². The van der Waals surface area contributed by atoms with Crippen molar-refractivity contribution < 1.29 is 14.7 Å². The Bertz CT molecular complexity index is 750. The van der Waals surface area contributed by atoms with Crippen molar-refractivity contribution in [1.29, 1.82) is 0 Å². The second-order valence-electron chi connectivity index (χ2n) is 5.63. The maximum Gasteiger partial charge on any atom is 0.336 e. The van der Waals surface area contributed by atoms with E-state index >= 15 is 0 Å². The van der Waals surface area contributed by atoms with Gasteiger partial charge in [-0.3, -0.25) is 4.79 Å². The summed E-state index contributed by atoms with van der Waals surface area (Å²) in [4.78, 5) is 23.5. The summed E-state index contributed by atoms with van der Waals surface area (Å²) in [6.07, 6.45) is 1.15. The zero-order chi connectivity index (χ0) is 17.0. The molecule has 0 aromatic heterocycles. The molecule has 0 aliphatic heterocycles. The first kappa shape index (κ1) is 16.7. The van der Waals surface area contributed by atoms with Gasteiger partial charge < -0.3 is 10.4 Å². The molecular formula is C19H21NO3. The maximum absolute atomic E-state index is 12.3. The Hall–Kier alpha value is -2.62. The number of benzene rings is 2. The van der Waals surface area contributed by atoms with Gasteiger partial charge in [0.25, 0.3) is 0 Å². The maximum atomic E-state index is 12.3. The van der Waals surface area contributed by atoms with E-state index in [0.717, 1.165) is 23.1 Å². The molecule has 0 saturated carbocycles. The average Bonchev–Trinajstić information content (AvgIpc) is 2.50. The highest BCUT2D eigenvalue weighted by molar-refractivity contribution is 5.96. The molecule has 0 aliphatic carbocycles. The molecule has 0 fully saturated rings. The van der Waals surface area contributed by atoms with Gasteiger partial charge in [-0.15, -0.1) is 0 Å². The van der Waals surface area contributed by atoms with E-state index in [1.807, 2.05) is 31.2 Å². The van der Waals surface area contributed by atoms with Crippen LogP contribution in [0.25, 0.3) is 0 Å². The second kappa shape index (κ2) is 7.09. The van der Waals surface area contributed by atoms with E-state index < -0.39 is 5.97 Å². The number of hydrogen-bond donors (Lipinski definition) is 2. The van der Waals surface area contributed by atoms with Crippen LogP contribution in [0.15, 0.2) is 36.4 Å². The highest BCUT2D eigenvalue weighted by atomic mass is 16.4. The lowest BCUT2D eigenvalue weighted by Gasteiger charge is -2.12. The number of carboxylic acid groups (broad SMARTS) is 1. The topological polar surface area (TPSA) is 66.4 Å². The number of hydrogen-bond acceptors (Lipinski definition) is 2. The largest absolute Gasteiger partial charge is 0.478 e. The molecule has 4 heteroatoms. The smallest absolute Gasteiger partial charge is 0.336 e. The Morgan fingerprint density at radius 1 is 1.04 bits per heavy atom. The van der Waals surface area contributed by atoms with Crippen LogP contribution < -0.4 is 5.32 Å². The number of rotatable bonds is 5. The summed E-state index contributed by atoms with van der Waals surface area (Å²) in [7, 11) is 0. The number of carbonyl (C=O) groups excluding carboxylic acids is 1. The molecule has 4 nitrogen and oxygen atoms in total. The van der Waals surface area contributed by atoms with Crippen molar-refractivity contribution in [2.45, 2.75) is 33.6 Å². The number of carboxylic acids is 1. The predicted octanol–water partition coefficient (Wildman–Crippen LogP) is 3.75. The van der Waals surface area contributed by atoms with Crippen LogP contribution in [0.5, 0.6) is 0 Å². The lowest BCUT2D eigenvalue weighted by molar-refractivity contribution is -0.115. The van der Waals surface area contributed by atoms with Crippen LogP contribution in [0.1, 0.15) is 39.5 Å². The molecule has 2 aromatic rings. The van der Waals surface area contributed by atoms with Crippen molar-refractivity contribution in [3.8, 4) is 0 Å². The minimum atomic E-state index is -0.991. The molecule has 2 N–H and O–H groups in total. The van der Waals surface area contributed by atoms with Crippen molar-refractivity contribution >= 4 is 17.6 Å². The van der Waals surface area contributed by atoms with Crippen molar-refractivity contribution in [3.63, 3.8) is 0 Å². The van der Waals surface area contributed by atoms with Crippen LogP contribution in [0.3, 0.4) is 0 Å². The van der Waals surface area contributed by atoms with E-state index in [2.05, 4.69) is 12.2 Å². The summed E-state index contributed by atoms with van der Waals surface area (Å²) in [6, 6.07) is 11.1. The van der Waals surface area contributed by atoms with Crippen LogP contribution >= 0.6 is 0 Å². The first-order chi connectivity index (χ1) is 10.9. The van der Waals surface area contributed by atoms with Crippen molar-refractivity contribution in [1.82, 2.24) is 0 Å². The molecular weight excluding hydrogens is 290 g/mol. The molecule has 2 aromatic carbocycles. The SMILES string of the molecule is CCc1ccccc1CC(=O)Nc1cc(C(=O)O)c(C)cc1C. The summed E-state index contributed by atoms with van der Waals surface area (Å²) < 4.78 is 0. The molecule has 23 heavy (non-hydrogen) atoms. The summed E-state index contributed by atoms with van der Waals surface area (Å²) in [6.45, 7) is 5.66. The highest BCUT2D eigenvalue weighted by Crippen LogP contribution is 2.21. The molecule has 0 spiro atoms. The number of aryl methyl sites for hydroxylation is 3. The Balaban J connectivity index is 2.20. The van der Waals surface area contributed by atoms with Gasteiger partial charge in [-0.25, -0.2) is 4.79 Å². The van der Waals surface area contributed by atoms with E-state index in [4.69, 9.17) is 0 Å². The van der Waals surface area contributed by atoms with E-state index in [1.165, 1.54) is 6.07 Å². The molecule has 2 rings (SSSR count). The van der Waals surface area contributed by atoms with Gasteiger partial charge in [-0.2, -0.15) is 0 Å². The number of anilines is 1. The normalized spacial score (nSPS) is 10.4. The van der Waals surface area contributed by atoms with Crippen LogP contribution in [-0.2, 0) is 17.6 Å². The van der Waals surface area contributed by atoms with E-state index in [-0.39, 0.29) is 17.9 Å². The second-order valence-corrected chi connectivity index (χ2v) is 5.63. The minimum absolute atomic E-state index is 0.144. The van der Waals surface area contributed by atoms with Gasteiger partial charge in [0, 0.05) is 5.69 Å². The van der Waals surface area contributed by atoms with Gasteiger partial charge in [-0.05, 0) is 48.6 Å². The molecule has 0 atom stereocenters. The highest BCUT2D eigenvalue weighted by Gasteiger charge is 2.13. The van der Waals surface area contributed by atoms with Crippen molar-refractivity contribution in [3.05, 3.63) is 64.2 Å². The summed E-state index contributed by atoms with van der Waals surface area (Å²) >= 11 is 0. The van der Waals surface area contributed by atoms with Gasteiger partial charge in [0.2, 0.25) is 5.91 Å². The Labute approximate surface area is 136 Å². The average molecular weight is 311 g/mol. The van der Waals surface area contributed by atoms with Gasteiger partial charge in [0.1, 0.15) is 0 Å². The first-order valence-corrected chi connectivity index (χ1v) is 7.63. The molecule has 0 unspecified atom stereocenters. The van der Waals surface area contributed by atoms with Gasteiger partial charge >= 0.3 is 5.97 Å². The van der Waals surface area contributed by atoms with E-state index in [0.29, 0.717) is 11.3 Å². The van der Waals surface area contributed by atoms with Gasteiger partial charge in [-0.1, -0.05) is 37.3 Å². The quantitative estimate of drug-likeness (QED) is 0.884. The summed E-state index contributed by atoms with van der Waals surface area (Å²) in [5.74, 6) is -1.14. The third-order valence-electron chi connectivity index (χ3n) is 3.93. The molecule has 0 aliphatic rings. The van der Waals surface area contributed by atoms with Gasteiger partial charge in [0.05, 0.1) is 12.0 Å². The molecule has 0 heterocycles. The van der Waals surface area contributed by atoms with Gasteiger partial charge in [0.15, 0.2) is 0 Å². The lowest BCUT2D eigenvalue weighted by atomic mass is 10.0. The molecule has 0 bridgehead atoms. The van der Waals surface area contributed by atoms with E-state index in [1.54, 1.807) is 13.0 Å². The van der Waals surface area contributed by atoms with Crippen LogP contribution in [-0.4, -0.2) is 17.0 Å². The summed E-state index contributed by atoms with van der Waals surface area (Å²) in [5.41, 5.74) is 4.44. The molecule has 0 saturated heterocycles. The fraction of sp³-hybridized carbons (Fsp3) is 0.263. The number of nitrogens with one attached hydrogen (secondary N) is 1. The van der Waals surface area contributed by atoms with Crippen LogP contribution in [0.4, 0.5) is 5.69 Å². The molecule has 1 amide bonds. The number of carbonyl (C=O) groups is 2. The number of amides is 1. The lowest BCUT2D eigenvalue weighted by Crippen LogP contribution is -2.17. The van der Waals surface area contributed by atoms with E-state index in [9.17, 15) is 14.7 Å². The van der Waals surface area contributed by atoms with Crippen molar-refractivity contribution in [2.75, 3.05) is 5.32 Å². The van der Waals surface area contributed by atoms with Crippen LogP contribution in [0.2, 0.25) is 0 Å². The standard InChI is InChI=1S/C19H21NO3/c1-4-14-7-5-6-8-15(14)10-18(21)20-17-11-16(19(22)23)12(2)9-13(17)3/h5-9,11H,4,10H2,1-3H3,(H,20,21)(H,22,23). The zero-order valence-electron chi connectivity index (χ0n) is 13.6. The zero-order valence-corrected chi connectivity index (χ0v) is 13.6. The predicted molar refractivity (Wildman–Crippen MR) is 91.0 cm³/mol. The monoisotopic (exact) mass is 311 g/mol. The number of aromatic carboxylic acids is 1. The Morgan fingerprint density at radius 3 is 2.30 bits per heavy atom. The molecule has 0 radical (unpaired) electrons. The minimum Gasteiger partial charge on any atom is -0.478 e. The fourth-order valence-corrected chi connectivity index (χ4v) is 2.66. The Kier molecular flexibility index (Phi) is 5.16. The Morgan fingerprint density at radius 2 is 1.70 bits per heavy atom. The van der Waals surface area contributed by atoms with Crippen molar-refractivity contribution in [2.24, 2.45) is 0 Å². The third-order valence-corrected chi connectivity index (χ3v) is 3.93. The molecule has 120 valence electrons. The first-order valence-electron chi connectivity index (χ1n) is 7.63. The summed E-state index contributed by atoms with van der Waals surface area (Å²) in [5, 5.41) is 12.0. The third kappa shape index (κ3) is 3.97.